The summed E-state index contributed by atoms with van der Waals surface area (Å²) in [6, 6.07) is 9.98. The number of thiazole rings is 1. The summed E-state index contributed by atoms with van der Waals surface area (Å²) in [6.07, 6.45) is 0. The van der Waals surface area contributed by atoms with Crippen molar-refractivity contribution in [3.05, 3.63) is 65.2 Å². The first-order valence-corrected chi connectivity index (χ1v) is 8.29. The van der Waals surface area contributed by atoms with E-state index in [2.05, 4.69) is 10.3 Å². The van der Waals surface area contributed by atoms with Crippen LogP contribution in [0.2, 0.25) is 0 Å². The molecular formula is C18H14F2N2O2S. The van der Waals surface area contributed by atoms with Gasteiger partial charge in [0.05, 0.1) is 5.69 Å². The number of anilines is 1. The van der Waals surface area contributed by atoms with Gasteiger partial charge in [0, 0.05) is 22.7 Å². The van der Waals surface area contributed by atoms with Crippen molar-refractivity contribution in [1.82, 2.24) is 4.98 Å². The van der Waals surface area contributed by atoms with Crippen LogP contribution in [0.4, 0.5) is 14.5 Å². The second kappa shape index (κ2) is 7.40. The van der Waals surface area contributed by atoms with Crippen molar-refractivity contribution in [3.8, 4) is 16.3 Å². The molecule has 4 nitrogen and oxygen atoms in total. The second-order valence-corrected chi connectivity index (χ2v) is 6.14. The molecule has 1 amide bonds. The molecule has 0 spiro atoms. The van der Waals surface area contributed by atoms with Gasteiger partial charge in [-0.3, -0.25) is 4.79 Å². The van der Waals surface area contributed by atoms with Crippen molar-refractivity contribution in [2.45, 2.75) is 6.92 Å². The van der Waals surface area contributed by atoms with Crippen LogP contribution in [0.25, 0.3) is 10.6 Å². The molecule has 7 heteroatoms. The number of nitrogens with zero attached hydrogens (tertiary/aromatic N) is 1. The molecule has 128 valence electrons. The van der Waals surface area contributed by atoms with Crippen molar-refractivity contribution in [3.63, 3.8) is 0 Å². The predicted molar refractivity (Wildman–Crippen MR) is 92.8 cm³/mol. The standard InChI is InChI=1S/C18H14F2N2O2S/c1-11-10-25-18(21-11)12-2-5-14(6-3-12)24-9-17(23)22-16-8-13(19)4-7-15(16)20/h2-8,10H,9H2,1H3,(H,22,23). The van der Waals surface area contributed by atoms with Crippen LogP contribution in [-0.4, -0.2) is 17.5 Å². The third-order valence-electron chi connectivity index (χ3n) is 3.29. The van der Waals surface area contributed by atoms with E-state index in [9.17, 15) is 13.6 Å². The van der Waals surface area contributed by atoms with Crippen LogP contribution in [0.15, 0.2) is 47.8 Å². The number of ether oxygens (including phenoxy) is 1. The third-order valence-corrected chi connectivity index (χ3v) is 4.30. The Hall–Kier alpha value is -2.80. The second-order valence-electron chi connectivity index (χ2n) is 5.28. The number of carbonyl (C=O) groups is 1. The Balaban J connectivity index is 1.58. The van der Waals surface area contributed by atoms with Crippen molar-refractivity contribution >= 4 is 22.9 Å². The average Bonchev–Trinajstić information content (AvgIpc) is 3.03. The molecule has 25 heavy (non-hydrogen) atoms. The molecule has 0 aliphatic rings. The molecule has 0 atom stereocenters. The molecule has 0 saturated heterocycles. The molecule has 3 aromatic rings. The third kappa shape index (κ3) is 4.39. The van der Waals surface area contributed by atoms with Gasteiger partial charge in [-0.2, -0.15) is 0 Å². The van der Waals surface area contributed by atoms with E-state index in [1.807, 2.05) is 24.4 Å². The zero-order chi connectivity index (χ0) is 17.8. The lowest BCUT2D eigenvalue weighted by molar-refractivity contribution is -0.118. The summed E-state index contributed by atoms with van der Waals surface area (Å²) in [6.45, 7) is 1.61. The molecule has 1 heterocycles. The molecule has 0 bridgehead atoms. The molecule has 3 rings (SSSR count). The average molecular weight is 360 g/mol. The molecule has 0 unspecified atom stereocenters. The minimum Gasteiger partial charge on any atom is -0.484 e. The molecule has 0 aliphatic carbocycles. The Morgan fingerprint density at radius 1 is 1.20 bits per heavy atom. The maximum absolute atomic E-state index is 13.5. The topological polar surface area (TPSA) is 51.2 Å². The lowest BCUT2D eigenvalue weighted by Crippen LogP contribution is -2.20. The van der Waals surface area contributed by atoms with Crippen LogP contribution in [0.3, 0.4) is 0 Å². The first kappa shape index (κ1) is 17.0. The quantitative estimate of drug-likeness (QED) is 0.733. The van der Waals surface area contributed by atoms with Crippen LogP contribution >= 0.6 is 11.3 Å². The van der Waals surface area contributed by atoms with Gasteiger partial charge in [-0.1, -0.05) is 0 Å². The van der Waals surface area contributed by atoms with E-state index in [0.717, 1.165) is 34.5 Å². The van der Waals surface area contributed by atoms with E-state index >= 15 is 0 Å². The van der Waals surface area contributed by atoms with Crippen molar-refractivity contribution in [2.24, 2.45) is 0 Å². The normalized spacial score (nSPS) is 10.5. The molecule has 1 aromatic heterocycles. The smallest absolute Gasteiger partial charge is 0.262 e. The molecule has 0 aliphatic heterocycles. The highest BCUT2D eigenvalue weighted by atomic mass is 32.1. The summed E-state index contributed by atoms with van der Waals surface area (Å²) in [5.74, 6) is -1.43. The van der Waals surface area contributed by atoms with Crippen molar-refractivity contribution in [1.29, 1.82) is 0 Å². The number of aromatic nitrogens is 1. The van der Waals surface area contributed by atoms with Crippen LogP contribution in [0, 0.1) is 18.6 Å². The highest BCUT2D eigenvalue weighted by molar-refractivity contribution is 7.13. The number of nitrogens with one attached hydrogen (secondary N) is 1. The summed E-state index contributed by atoms with van der Waals surface area (Å²) in [5.41, 5.74) is 1.70. The number of benzene rings is 2. The fourth-order valence-electron chi connectivity index (χ4n) is 2.11. The van der Waals surface area contributed by atoms with Crippen molar-refractivity contribution < 1.29 is 18.3 Å². The SMILES string of the molecule is Cc1csc(-c2ccc(OCC(=O)Nc3cc(F)ccc3F)cc2)n1. The van der Waals surface area contributed by atoms with Crippen LogP contribution in [-0.2, 0) is 4.79 Å². The minimum atomic E-state index is -0.710. The largest absolute Gasteiger partial charge is 0.484 e. The van der Waals surface area contributed by atoms with E-state index in [0.29, 0.717) is 5.75 Å². The Bertz CT molecular complexity index is 894. The van der Waals surface area contributed by atoms with E-state index in [1.165, 1.54) is 0 Å². The van der Waals surface area contributed by atoms with Gasteiger partial charge < -0.3 is 10.1 Å². The Kier molecular flexibility index (Phi) is 5.04. The van der Waals surface area contributed by atoms with E-state index in [4.69, 9.17) is 4.74 Å². The lowest BCUT2D eigenvalue weighted by Gasteiger charge is -2.08. The summed E-state index contributed by atoms with van der Waals surface area (Å²) in [7, 11) is 0. The number of carbonyl (C=O) groups excluding carboxylic acids is 1. The van der Waals surface area contributed by atoms with Gasteiger partial charge in [0.2, 0.25) is 0 Å². The van der Waals surface area contributed by atoms with Gasteiger partial charge in [-0.15, -0.1) is 11.3 Å². The predicted octanol–water partition coefficient (Wildman–Crippen LogP) is 4.41. The maximum Gasteiger partial charge on any atom is 0.262 e. The van der Waals surface area contributed by atoms with E-state index in [1.54, 1.807) is 23.5 Å². The van der Waals surface area contributed by atoms with Crippen molar-refractivity contribution in [2.75, 3.05) is 11.9 Å². The number of halogens is 2. The first-order valence-electron chi connectivity index (χ1n) is 7.41. The van der Waals surface area contributed by atoms with Crippen LogP contribution < -0.4 is 10.1 Å². The summed E-state index contributed by atoms with van der Waals surface area (Å²) in [4.78, 5) is 16.2. The zero-order valence-corrected chi connectivity index (χ0v) is 14.1. The Labute approximate surface area is 147 Å². The van der Waals surface area contributed by atoms with E-state index in [-0.39, 0.29) is 12.3 Å². The molecule has 0 saturated carbocycles. The number of hydrogen-bond acceptors (Lipinski definition) is 4. The Morgan fingerprint density at radius 3 is 2.64 bits per heavy atom. The highest BCUT2D eigenvalue weighted by Gasteiger charge is 2.09. The zero-order valence-electron chi connectivity index (χ0n) is 13.3. The number of amides is 1. The fraction of sp³-hybridized carbons (Fsp3) is 0.111. The minimum absolute atomic E-state index is 0.219. The molecule has 0 fully saturated rings. The van der Waals surface area contributed by atoms with E-state index < -0.39 is 17.5 Å². The Morgan fingerprint density at radius 2 is 1.96 bits per heavy atom. The summed E-state index contributed by atoms with van der Waals surface area (Å²) < 4.78 is 31.9. The van der Waals surface area contributed by atoms with Gasteiger partial charge in [0.15, 0.2) is 6.61 Å². The van der Waals surface area contributed by atoms with Gasteiger partial charge >= 0.3 is 0 Å². The van der Waals surface area contributed by atoms with Gasteiger partial charge in [-0.05, 0) is 43.3 Å². The molecule has 0 radical (unpaired) electrons. The van der Waals surface area contributed by atoms with Gasteiger partial charge in [0.1, 0.15) is 22.4 Å². The van der Waals surface area contributed by atoms with Gasteiger partial charge in [0.25, 0.3) is 5.91 Å². The fourth-order valence-corrected chi connectivity index (χ4v) is 2.91. The molecule has 2 aromatic carbocycles. The van der Waals surface area contributed by atoms with Crippen LogP contribution in [0.5, 0.6) is 5.75 Å². The highest BCUT2D eigenvalue weighted by Crippen LogP contribution is 2.25. The lowest BCUT2D eigenvalue weighted by atomic mass is 10.2. The maximum atomic E-state index is 13.5. The number of hydrogen-bond donors (Lipinski definition) is 1. The summed E-state index contributed by atoms with van der Waals surface area (Å²) in [5, 5.41) is 5.15. The molecular weight excluding hydrogens is 346 g/mol. The first-order chi connectivity index (χ1) is 12.0. The summed E-state index contributed by atoms with van der Waals surface area (Å²) >= 11 is 1.55. The van der Waals surface area contributed by atoms with Gasteiger partial charge in [-0.25, -0.2) is 13.8 Å². The number of aryl methyl sites for hydroxylation is 1. The van der Waals surface area contributed by atoms with Crippen LogP contribution in [0.1, 0.15) is 5.69 Å². The monoisotopic (exact) mass is 360 g/mol. The number of rotatable bonds is 5. The molecule has 1 N–H and O–H groups in total.